The number of fused-ring (bicyclic) bond motifs is 1. The standard InChI is InChI=1S/C19H15FN6O2S/c1-10-21-17(25-26(10)14-6-3-12(20)4-7-14)18(28)23-13-5-8-15-16(9-13)29-19(24-15)22-11(2)27/h3-9H,1-2H3,(H,23,28)(H,22,24,27). The number of carbonyl (C=O) groups excluding carboxylic acids is 2. The van der Waals surface area contributed by atoms with Crippen molar-refractivity contribution in [3.05, 3.63) is 59.9 Å². The van der Waals surface area contributed by atoms with E-state index in [9.17, 15) is 14.0 Å². The SMILES string of the molecule is CC(=O)Nc1nc2ccc(NC(=O)c3nc(C)n(-c4ccc(F)cc4)n3)cc2s1. The molecule has 0 saturated carbocycles. The fraction of sp³-hybridized carbons (Fsp3) is 0.105. The highest BCUT2D eigenvalue weighted by molar-refractivity contribution is 7.22. The molecule has 0 aliphatic heterocycles. The molecule has 2 aromatic carbocycles. The maximum atomic E-state index is 13.1. The number of carbonyl (C=O) groups is 2. The minimum atomic E-state index is -0.472. The number of nitrogens with zero attached hydrogens (tertiary/aromatic N) is 4. The highest BCUT2D eigenvalue weighted by atomic mass is 32.1. The van der Waals surface area contributed by atoms with Crippen LogP contribution in [0.2, 0.25) is 0 Å². The van der Waals surface area contributed by atoms with E-state index in [4.69, 9.17) is 0 Å². The number of amides is 2. The third-order valence-corrected chi connectivity index (χ3v) is 4.91. The van der Waals surface area contributed by atoms with Gasteiger partial charge in [0.15, 0.2) is 5.13 Å². The number of hydrogen-bond donors (Lipinski definition) is 2. The molecular weight excluding hydrogens is 395 g/mol. The van der Waals surface area contributed by atoms with E-state index in [1.54, 1.807) is 37.3 Å². The van der Waals surface area contributed by atoms with Gasteiger partial charge in [0.25, 0.3) is 5.91 Å². The summed E-state index contributed by atoms with van der Waals surface area (Å²) in [7, 11) is 0. The Kier molecular flexibility index (Phi) is 4.77. The van der Waals surface area contributed by atoms with Crippen LogP contribution in [0.4, 0.5) is 15.2 Å². The van der Waals surface area contributed by atoms with E-state index in [0.29, 0.717) is 27.8 Å². The van der Waals surface area contributed by atoms with E-state index >= 15 is 0 Å². The second-order valence-corrected chi connectivity index (χ2v) is 7.24. The minimum Gasteiger partial charge on any atom is -0.319 e. The summed E-state index contributed by atoms with van der Waals surface area (Å²) >= 11 is 1.31. The fourth-order valence-corrected chi connectivity index (χ4v) is 3.66. The second-order valence-electron chi connectivity index (χ2n) is 6.21. The Balaban J connectivity index is 1.55. The quantitative estimate of drug-likeness (QED) is 0.536. The fourth-order valence-electron chi connectivity index (χ4n) is 2.71. The Hall–Kier alpha value is -3.66. The van der Waals surface area contributed by atoms with Crippen molar-refractivity contribution in [1.29, 1.82) is 0 Å². The van der Waals surface area contributed by atoms with Crippen LogP contribution in [0.15, 0.2) is 42.5 Å². The van der Waals surface area contributed by atoms with Gasteiger partial charge >= 0.3 is 0 Å². The van der Waals surface area contributed by atoms with Crippen LogP contribution >= 0.6 is 11.3 Å². The van der Waals surface area contributed by atoms with Crippen LogP contribution in [-0.2, 0) is 4.79 Å². The molecule has 0 unspecified atom stereocenters. The van der Waals surface area contributed by atoms with Gasteiger partial charge in [0.05, 0.1) is 15.9 Å². The Morgan fingerprint density at radius 2 is 1.83 bits per heavy atom. The number of anilines is 2. The summed E-state index contributed by atoms with van der Waals surface area (Å²) in [6.07, 6.45) is 0. The summed E-state index contributed by atoms with van der Waals surface area (Å²) in [5, 5.41) is 10.1. The first-order valence-corrected chi connectivity index (χ1v) is 9.40. The Bertz CT molecular complexity index is 1230. The number of rotatable bonds is 4. The summed E-state index contributed by atoms with van der Waals surface area (Å²) in [4.78, 5) is 32.2. The predicted octanol–water partition coefficient (Wildman–Crippen LogP) is 3.54. The molecule has 4 aromatic rings. The maximum absolute atomic E-state index is 13.1. The molecule has 10 heteroatoms. The third-order valence-electron chi connectivity index (χ3n) is 3.97. The smallest absolute Gasteiger partial charge is 0.295 e. The molecule has 4 rings (SSSR count). The summed E-state index contributed by atoms with van der Waals surface area (Å²) in [6.45, 7) is 3.12. The average molecular weight is 410 g/mol. The molecule has 29 heavy (non-hydrogen) atoms. The molecule has 0 bridgehead atoms. The lowest BCUT2D eigenvalue weighted by Gasteiger charge is -2.03. The lowest BCUT2D eigenvalue weighted by Crippen LogP contribution is -2.14. The van der Waals surface area contributed by atoms with Crippen LogP contribution in [0.3, 0.4) is 0 Å². The van der Waals surface area contributed by atoms with E-state index in [2.05, 4.69) is 25.7 Å². The summed E-state index contributed by atoms with van der Waals surface area (Å²) in [6, 6.07) is 11.0. The lowest BCUT2D eigenvalue weighted by atomic mass is 10.3. The van der Waals surface area contributed by atoms with Crippen LogP contribution < -0.4 is 10.6 Å². The number of nitrogens with one attached hydrogen (secondary N) is 2. The number of aryl methyl sites for hydroxylation is 1. The van der Waals surface area contributed by atoms with Crippen molar-refractivity contribution >= 4 is 44.2 Å². The largest absolute Gasteiger partial charge is 0.319 e. The van der Waals surface area contributed by atoms with Crippen molar-refractivity contribution in [2.75, 3.05) is 10.6 Å². The summed E-state index contributed by atoms with van der Waals surface area (Å²) in [5.41, 5.74) is 1.87. The molecule has 0 spiro atoms. The van der Waals surface area contributed by atoms with Gasteiger partial charge in [-0.3, -0.25) is 9.59 Å². The van der Waals surface area contributed by atoms with E-state index in [1.807, 2.05) is 0 Å². The van der Waals surface area contributed by atoms with Crippen molar-refractivity contribution in [3.63, 3.8) is 0 Å². The molecule has 2 aromatic heterocycles. The Morgan fingerprint density at radius 3 is 2.55 bits per heavy atom. The monoisotopic (exact) mass is 410 g/mol. The Morgan fingerprint density at radius 1 is 1.07 bits per heavy atom. The van der Waals surface area contributed by atoms with Gasteiger partial charge in [0.1, 0.15) is 11.6 Å². The first-order chi connectivity index (χ1) is 13.9. The lowest BCUT2D eigenvalue weighted by molar-refractivity contribution is -0.114. The van der Waals surface area contributed by atoms with Gasteiger partial charge in [0, 0.05) is 12.6 Å². The first kappa shape index (κ1) is 18.7. The van der Waals surface area contributed by atoms with Crippen LogP contribution in [0.1, 0.15) is 23.4 Å². The molecular formula is C19H15FN6O2S. The molecule has 2 amide bonds. The molecule has 0 fully saturated rings. The summed E-state index contributed by atoms with van der Waals surface area (Å²) in [5.74, 6) is -0.532. The van der Waals surface area contributed by atoms with Gasteiger partial charge in [0.2, 0.25) is 11.7 Å². The number of thiazole rings is 1. The third kappa shape index (κ3) is 3.97. The zero-order valence-corrected chi connectivity index (χ0v) is 16.2. The predicted molar refractivity (Wildman–Crippen MR) is 108 cm³/mol. The molecule has 0 aliphatic rings. The highest BCUT2D eigenvalue weighted by Crippen LogP contribution is 2.28. The molecule has 146 valence electrons. The summed E-state index contributed by atoms with van der Waals surface area (Å²) < 4.78 is 15.4. The maximum Gasteiger partial charge on any atom is 0.295 e. The van der Waals surface area contributed by atoms with Crippen LogP contribution in [0.25, 0.3) is 15.9 Å². The highest BCUT2D eigenvalue weighted by Gasteiger charge is 2.16. The van der Waals surface area contributed by atoms with E-state index in [1.165, 1.54) is 35.1 Å². The normalized spacial score (nSPS) is 10.9. The number of hydrogen-bond acceptors (Lipinski definition) is 6. The number of aromatic nitrogens is 4. The van der Waals surface area contributed by atoms with Crippen molar-refractivity contribution < 1.29 is 14.0 Å². The van der Waals surface area contributed by atoms with Crippen LogP contribution in [0, 0.1) is 12.7 Å². The van der Waals surface area contributed by atoms with Gasteiger partial charge in [-0.15, -0.1) is 5.10 Å². The van der Waals surface area contributed by atoms with E-state index in [-0.39, 0.29) is 17.5 Å². The van der Waals surface area contributed by atoms with Crippen LogP contribution in [-0.4, -0.2) is 31.6 Å². The van der Waals surface area contributed by atoms with E-state index in [0.717, 1.165) is 4.70 Å². The zero-order chi connectivity index (χ0) is 20.5. The molecule has 0 aliphatic carbocycles. The number of benzene rings is 2. The van der Waals surface area contributed by atoms with Crippen molar-refractivity contribution in [1.82, 2.24) is 19.7 Å². The van der Waals surface area contributed by atoms with Crippen molar-refractivity contribution in [2.45, 2.75) is 13.8 Å². The molecule has 8 nitrogen and oxygen atoms in total. The van der Waals surface area contributed by atoms with Gasteiger partial charge < -0.3 is 10.6 Å². The van der Waals surface area contributed by atoms with Crippen LogP contribution in [0.5, 0.6) is 0 Å². The first-order valence-electron chi connectivity index (χ1n) is 8.58. The Labute approximate surface area is 168 Å². The molecule has 2 heterocycles. The van der Waals surface area contributed by atoms with Crippen molar-refractivity contribution in [2.24, 2.45) is 0 Å². The van der Waals surface area contributed by atoms with Gasteiger partial charge in [-0.1, -0.05) is 11.3 Å². The molecule has 0 saturated heterocycles. The topological polar surface area (TPSA) is 102 Å². The minimum absolute atomic E-state index is 0.00448. The average Bonchev–Trinajstić information content (AvgIpc) is 3.24. The molecule has 0 atom stereocenters. The van der Waals surface area contributed by atoms with Crippen molar-refractivity contribution in [3.8, 4) is 5.69 Å². The second kappa shape index (κ2) is 7.40. The molecule has 0 radical (unpaired) electrons. The molecule has 2 N–H and O–H groups in total. The van der Waals surface area contributed by atoms with E-state index < -0.39 is 5.91 Å². The number of halogens is 1. The van der Waals surface area contributed by atoms with Gasteiger partial charge in [-0.05, 0) is 49.4 Å². The van der Waals surface area contributed by atoms with Gasteiger partial charge in [-0.25, -0.2) is 19.0 Å². The van der Waals surface area contributed by atoms with Gasteiger partial charge in [-0.2, -0.15) is 0 Å². The zero-order valence-electron chi connectivity index (χ0n) is 15.4.